The maximum absolute atomic E-state index is 12.6. The lowest BCUT2D eigenvalue weighted by atomic mass is 10.2. The molecule has 0 radical (unpaired) electrons. The number of hydrogen-bond donors (Lipinski definition) is 3. The molecule has 4 rings (SSSR count). The fraction of sp³-hybridized carbons (Fsp3) is 0.261. The lowest BCUT2D eigenvalue weighted by molar-refractivity contribution is -0.116. The lowest BCUT2D eigenvalue weighted by Crippen LogP contribution is -2.50. The van der Waals surface area contributed by atoms with E-state index in [-0.39, 0.29) is 24.3 Å². The van der Waals surface area contributed by atoms with E-state index < -0.39 is 0 Å². The maximum Gasteiger partial charge on any atom is 0.323 e. The first-order valence-electron chi connectivity index (χ1n) is 10.8. The Bertz CT molecular complexity index is 1140. The molecule has 1 fully saturated rings. The summed E-state index contributed by atoms with van der Waals surface area (Å²) < 4.78 is 0. The second kappa shape index (κ2) is 10.8. The van der Waals surface area contributed by atoms with Gasteiger partial charge in [-0.2, -0.15) is 0 Å². The van der Waals surface area contributed by atoms with E-state index in [1.54, 1.807) is 40.7 Å². The molecule has 1 saturated heterocycles. The van der Waals surface area contributed by atoms with Crippen LogP contribution in [0.15, 0.2) is 54.0 Å². The van der Waals surface area contributed by atoms with Crippen molar-refractivity contribution in [3.63, 3.8) is 0 Å². The first-order chi connectivity index (χ1) is 16.5. The third-order valence-electron chi connectivity index (χ3n) is 5.14. The zero-order valence-electron chi connectivity index (χ0n) is 18.7. The molecule has 1 aromatic carbocycles. The number of carbonyl (C=O) groups excluding carboxylic acids is 3. The topological polar surface area (TPSA) is 120 Å². The molecule has 0 unspecified atom stereocenters. The fourth-order valence-corrected chi connectivity index (χ4v) is 4.21. The van der Waals surface area contributed by atoms with Crippen molar-refractivity contribution in [3.05, 3.63) is 59.7 Å². The van der Waals surface area contributed by atoms with Crippen molar-refractivity contribution in [2.75, 3.05) is 47.0 Å². The van der Waals surface area contributed by atoms with E-state index in [9.17, 15) is 14.4 Å². The molecule has 4 amide bonds. The van der Waals surface area contributed by atoms with Crippen LogP contribution in [0.4, 0.5) is 27.1 Å². The van der Waals surface area contributed by atoms with Crippen molar-refractivity contribution in [2.24, 2.45) is 0 Å². The summed E-state index contributed by atoms with van der Waals surface area (Å²) in [5.74, 6) is 0.533. The zero-order chi connectivity index (χ0) is 23.9. The molecule has 0 spiro atoms. The number of benzene rings is 1. The molecule has 2 aromatic heterocycles. The number of urea groups is 1. The van der Waals surface area contributed by atoms with Crippen LogP contribution in [-0.4, -0.2) is 58.9 Å². The summed E-state index contributed by atoms with van der Waals surface area (Å²) in [5, 5.41) is 10.5. The Morgan fingerprint density at radius 2 is 1.65 bits per heavy atom. The molecule has 1 aliphatic heterocycles. The van der Waals surface area contributed by atoms with Crippen LogP contribution in [0.5, 0.6) is 0 Å². The fourth-order valence-electron chi connectivity index (χ4n) is 3.51. The van der Waals surface area contributed by atoms with Crippen LogP contribution in [0.1, 0.15) is 12.6 Å². The molecule has 0 aliphatic carbocycles. The van der Waals surface area contributed by atoms with Gasteiger partial charge in [0.05, 0.1) is 12.1 Å². The minimum atomic E-state index is -0.221. The summed E-state index contributed by atoms with van der Waals surface area (Å²) in [6.45, 7) is 4.02. The van der Waals surface area contributed by atoms with Crippen molar-refractivity contribution < 1.29 is 14.4 Å². The third-order valence-corrected chi connectivity index (χ3v) is 5.94. The SMILES string of the molecule is CC(=O)Nc1ccc(NC(=O)Cc2csc(NC(=O)N3CCN(c4ccccn4)CC3)n2)cc1. The van der Waals surface area contributed by atoms with Gasteiger partial charge in [0.25, 0.3) is 0 Å². The summed E-state index contributed by atoms with van der Waals surface area (Å²) in [6, 6.07) is 12.4. The van der Waals surface area contributed by atoms with Gasteiger partial charge in [0.1, 0.15) is 5.82 Å². The molecular weight excluding hydrogens is 454 g/mol. The predicted octanol–water partition coefficient (Wildman–Crippen LogP) is 3.03. The van der Waals surface area contributed by atoms with Gasteiger partial charge >= 0.3 is 6.03 Å². The van der Waals surface area contributed by atoms with Crippen molar-refractivity contribution in [1.29, 1.82) is 0 Å². The Morgan fingerprint density at radius 3 is 2.29 bits per heavy atom. The summed E-state index contributed by atoms with van der Waals surface area (Å²) >= 11 is 1.28. The van der Waals surface area contributed by atoms with Gasteiger partial charge in [-0.05, 0) is 36.4 Å². The smallest absolute Gasteiger partial charge is 0.323 e. The van der Waals surface area contributed by atoms with E-state index in [4.69, 9.17) is 0 Å². The van der Waals surface area contributed by atoms with Crippen molar-refractivity contribution in [3.8, 4) is 0 Å². The van der Waals surface area contributed by atoms with Crippen LogP contribution in [-0.2, 0) is 16.0 Å². The minimum absolute atomic E-state index is 0.0859. The van der Waals surface area contributed by atoms with Gasteiger partial charge < -0.3 is 20.4 Å². The number of piperazine rings is 1. The van der Waals surface area contributed by atoms with Gasteiger partial charge in [-0.3, -0.25) is 14.9 Å². The van der Waals surface area contributed by atoms with Gasteiger partial charge in [-0.25, -0.2) is 14.8 Å². The van der Waals surface area contributed by atoms with E-state index in [2.05, 4.69) is 30.8 Å². The minimum Gasteiger partial charge on any atom is -0.353 e. The van der Waals surface area contributed by atoms with Crippen LogP contribution in [0.3, 0.4) is 0 Å². The monoisotopic (exact) mass is 479 g/mol. The normalized spacial score (nSPS) is 13.3. The second-order valence-electron chi connectivity index (χ2n) is 7.72. The molecule has 34 heavy (non-hydrogen) atoms. The van der Waals surface area contributed by atoms with Crippen molar-refractivity contribution in [2.45, 2.75) is 13.3 Å². The summed E-state index contributed by atoms with van der Waals surface area (Å²) in [6.07, 6.45) is 1.85. The van der Waals surface area contributed by atoms with Gasteiger partial charge in [-0.15, -0.1) is 11.3 Å². The van der Waals surface area contributed by atoms with Crippen molar-refractivity contribution in [1.82, 2.24) is 14.9 Å². The van der Waals surface area contributed by atoms with E-state index in [0.717, 1.165) is 5.82 Å². The molecule has 10 nitrogen and oxygen atoms in total. The highest BCUT2D eigenvalue weighted by Crippen LogP contribution is 2.19. The highest BCUT2D eigenvalue weighted by Gasteiger charge is 2.22. The van der Waals surface area contributed by atoms with Crippen molar-refractivity contribution >= 4 is 51.5 Å². The van der Waals surface area contributed by atoms with Crippen LogP contribution in [0, 0.1) is 0 Å². The maximum atomic E-state index is 12.6. The van der Waals surface area contributed by atoms with E-state index in [1.165, 1.54) is 18.3 Å². The summed E-state index contributed by atoms with van der Waals surface area (Å²) in [7, 11) is 0. The van der Waals surface area contributed by atoms with Gasteiger partial charge in [0.2, 0.25) is 11.8 Å². The quantitative estimate of drug-likeness (QED) is 0.500. The largest absolute Gasteiger partial charge is 0.353 e. The Morgan fingerprint density at radius 1 is 0.941 bits per heavy atom. The van der Waals surface area contributed by atoms with E-state index >= 15 is 0 Å². The summed E-state index contributed by atoms with van der Waals surface area (Å²) in [5.41, 5.74) is 1.85. The first kappa shape index (κ1) is 23.2. The number of nitrogens with zero attached hydrogens (tertiary/aromatic N) is 4. The number of hydrogen-bond acceptors (Lipinski definition) is 7. The van der Waals surface area contributed by atoms with Crippen LogP contribution in [0.25, 0.3) is 0 Å². The lowest BCUT2D eigenvalue weighted by Gasteiger charge is -2.35. The number of amides is 4. The molecule has 3 N–H and O–H groups in total. The number of rotatable bonds is 6. The highest BCUT2D eigenvalue weighted by atomic mass is 32.1. The highest BCUT2D eigenvalue weighted by molar-refractivity contribution is 7.13. The summed E-state index contributed by atoms with van der Waals surface area (Å²) in [4.78, 5) is 48.7. The van der Waals surface area contributed by atoms with Gasteiger partial charge in [-0.1, -0.05) is 6.07 Å². The molecule has 11 heteroatoms. The number of carbonyl (C=O) groups is 3. The zero-order valence-corrected chi connectivity index (χ0v) is 19.5. The van der Waals surface area contributed by atoms with E-state index in [0.29, 0.717) is 48.4 Å². The number of nitrogens with one attached hydrogen (secondary N) is 3. The number of aromatic nitrogens is 2. The van der Waals surface area contributed by atoms with Gasteiger partial charge in [0, 0.05) is 56.1 Å². The average Bonchev–Trinajstić information content (AvgIpc) is 3.27. The van der Waals surface area contributed by atoms with Crippen LogP contribution in [0.2, 0.25) is 0 Å². The molecule has 3 aromatic rings. The van der Waals surface area contributed by atoms with Crippen LogP contribution >= 0.6 is 11.3 Å². The Labute approximate surface area is 201 Å². The number of anilines is 4. The molecule has 1 aliphatic rings. The molecule has 0 bridgehead atoms. The first-order valence-corrected chi connectivity index (χ1v) is 11.7. The Balaban J connectivity index is 1.23. The Kier molecular flexibility index (Phi) is 7.33. The van der Waals surface area contributed by atoms with Gasteiger partial charge in [0.15, 0.2) is 5.13 Å². The predicted molar refractivity (Wildman–Crippen MR) is 132 cm³/mol. The second-order valence-corrected chi connectivity index (χ2v) is 8.58. The van der Waals surface area contributed by atoms with E-state index in [1.807, 2.05) is 18.2 Å². The third kappa shape index (κ3) is 6.29. The van der Waals surface area contributed by atoms with Crippen LogP contribution < -0.4 is 20.9 Å². The Hall–Kier alpha value is -3.99. The molecule has 176 valence electrons. The number of pyridine rings is 1. The molecular formula is C23H25N7O3S. The molecule has 0 saturated carbocycles. The average molecular weight is 480 g/mol. The molecule has 0 atom stereocenters. The molecule has 3 heterocycles. The standard InChI is InChI=1S/C23H25N7O3S/c1-16(31)25-17-5-7-18(8-6-17)26-21(32)14-19-15-34-22(27-19)28-23(33)30-12-10-29(11-13-30)20-4-2-3-9-24-20/h2-9,15H,10-14H2,1H3,(H,25,31)(H,26,32)(H,27,28,33). The number of thiazole rings is 1.